The standard InChI is InChI=1S/C12H15NO4/c1-7(13-5-8(6-13)12(16)17)11-9(14)3-2-4-10(11)15/h2-4,7-8,14-15H,5-6H2,1H3,(H,16,17). The van der Waals surface area contributed by atoms with Gasteiger partial charge < -0.3 is 15.3 Å². The van der Waals surface area contributed by atoms with Crippen molar-refractivity contribution in [3.63, 3.8) is 0 Å². The number of benzene rings is 1. The third kappa shape index (κ3) is 2.06. The number of aliphatic carboxylic acids is 1. The molecule has 0 radical (unpaired) electrons. The largest absolute Gasteiger partial charge is 0.507 e. The molecule has 0 aromatic heterocycles. The van der Waals surface area contributed by atoms with Crippen LogP contribution in [0.1, 0.15) is 18.5 Å². The molecule has 1 aliphatic heterocycles. The third-order valence-corrected chi connectivity index (χ3v) is 3.28. The lowest BCUT2D eigenvalue weighted by atomic mass is 9.94. The van der Waals surface area contributed by atoms with Gasteiger partial charge in [-0.1, -0.05) is 6.07 Å². The van der Waals surface area contributed by atoms with Crippen molar-refractivity contribution < 1.29 is 20.1 Å². The van der Waals surface area contributed by atoms with E-state index in [1.807, 2.05) is 11.8 Å². The number of carbonyl (C=O) groups is 1. The van der Waals surface area contributed by atoms with E-state index in [9.17, 15) is 15.0 Å². The molecule has 1 fully saturated rings. The Kier molecular flexibility index (Phi) is 2.93. The molecule has 1 aromatic rings. The molecule has 92 valence electrons. The van der Waals surface area contributed by atoms with Gasteiger partial charge in [-0.25, -0.2) is 0 Å². The van der Waals surface area contributed by atoms with Gasteiger partial charge in [0.25, 0.3) is 0 Å². The SMILES string of the molecule is CC(c1c(O)cccc1O)N1CC(C(=O)O)C1. The van der Waals surface area contributed by atoms with E-state index in [1.54, 1.807) is 6.07 Å². The molecule has 2 rings (SSSR count). The second kappa shape index (κ2) is 4.25. The molecule has 1 aromatic carbocycles. The average Bonchev–Trinajstić information content (AvgIpc) is 2.13. The second-order valence-electron chi connectivity index (χ2n) is 4.37. The maximum absolute atomic E-state index is 10.7. The predicted octanol–water partition coefficient (Wildman–Crippen LogP) is 1.18. The number of carboxylic acids is 1. The number of phenolic OH excluding ortho intramolecular Hbond substituents is 2. The van der Waals surface area contributed by atoms with Crippen LogP contribution in [0.2, 0.25) is 0 Å². The van der Waals surface area contributed by atoms with Gasteiger partial charge in [-0.2, -0.15) is 0 Å². The highest BCUT2D eigenvalue weighted by molar-refractivity contribution is 5.71. The molecule has 5 nitrogen and oxygen atoms in total. The summed E-state index contributed by atoms with van der Waals surface area (Å²) in [5.74, 6) is -1.06. The Bertz CT molecular complexity index is 420. The van der Waals surface area contributed by atoms with Crippen molar-refractivity contribution in [1.29, 1.82) is 0 Å². The maximum Gasteiger partial charge on any atom is 0.309 e. The van der Waals surface area contributed by atoms with Crippen molar-refractivity contribution in [3.8, 4) is 11.5 Å². The summed E-state index contributed by atoms with van der Waals surface area (Å²) in [7, 11) is 0. The monoisotopic (exact) mass is 237 g/mol. The molecule has 5 heteroatoms. The summed E-state index contributed by atoms with van der Waals surface area (Å²) >= 11 is 0. The lowest BCUT2D eigenvalue weighted by Crippen LogP contribution is -2.51. The van der Waals surface area contributed by atoms with Crippen LogP contribution in [-0.2, 0) is 4.79 Å². The summed E-state index contributed by atoms with van der Waals surface area (Å²) < 4.78 is 0. The number of nitrogens with zero attached hydrogens (tertiary/aromatic N) is 1. The first-order valence-electron chi connectivity index (χ1n) is 5.48. The van der Waals surface area contributed by atoms with Crippen LogP contribution in [0.4, 0.5) is 0 Å². The third-order valence-electron chi connectivity index (χ3n) is 3.28. The number of likely N-dealkylation sites (tertiary alicyclic amines) is 1. The molecule has 3 N–H and O–H groups in total. The van der Waals surface area contributed by atoms with Crippen molar-refractivity contribution in [2.75, 3.05) is 13.1 Å². The fourth-order valence-corrected chi connectivity index (χ4v) is 2.14. The van der Waals surface area contributed by atoms with E-state index in [-0.39, 0.29) is 23.5 Å². The summed E-state index contributed by atoms with van der Waals surface area (Å²) in [4.78, 5) is 12.6. The Morgan fingerprint density at radius 3 is 2.35 bits per heavy atom. The summed E-state index contributed by atoms with van der Waals surface area (Å²) in [6, 6.07) is 4.41. The van der Waals surface area contributed by atoms with Crippen LogP contribution >= 0.6 is 0 Å². The molecule has 1 atom stereocenters. The molecule has 0 bridgehead atoms. The number of aromatic hydroxyl groups is 2. The van der Waals surface area contributed by atoms with Crippen LogP contribution in [0.25, 0.3) is 0 Å². The smallest absolute Gasteiger partial charge is 0.309 e. The van der Waals surface area contributed by atoms with Gasteiger partial charge in [0.15, 0.2) is 0 Å². The number of phenols is 2. The van der Waals surface area contributed by atoms with E-state index >= 15 is 0 Å². The molecule has 1 saturated heterocycles. The Morgan fingerprint density at radius 2 is 1.88 bits per heavy atom. The summed E-state index contributed by atoms with van der Waals surface area (Å²) in [5, 5.41) is 28.2. The Hall–Kier alpha value is -1.75. The average molecular weight is 237 g/mol. The number of hydrogen-bond acceptors (Lipinski definition) is 4. The molecule has 1 unspecified atom stereocenters. The molecular formula is C12H15NO4. The molecular weight excluding hydrogens is 222 g/mol. The Balaban J connectivity index is 2.11. The van der Waals surface area contributed by atoms with Crippen molar-refractivity contribution >= 4 is 5.97 Å². The normalized spacial score (nSPS) is 18.6. The van der Waals surface area contributed by atoms with Crippen LogP contribution in [0.5, 0.6) is 11.5 Å². The van der Waals surface area contributed by atoms with Gasteiger partial charge in [-0.05, 0) is 19.1 Å². The van der Waals surface area contributed by atoms with E-state index in [2.05, 4.69) is 0 Å². The van der Waals surface area contributed by atoms with E-state index in [0.717, 1.165) is 0 Å². The first-order valence-corrected chi connectivity index (χ1v) is 5.48. The lowest BCUT2D eigenvalue weighted by Gasteiger charge is -2.41. The summed E-state index contributed by atoms with van der Waals surface area (Å²) in [5.41, 5.74) is 0.455. The zero-order chi connectivity index (χ0) is 12.6. The van der Waals surface area contributed by atoms with E-state index in [0.29, 0.717) is 18.7 Å². The predicted molar refractivity (Wildman–Crippen MR) is 60.9 cm³/mol. The van der Waals surface area contributed by atoms with Gasteiger partial charge in [-0.3, -0.25) is 9.69 Å². The highest BCUT2D eigenvalue weighted by Crippen LogP contribution is 2.38. The number of hydrogen-bond donors (Lipinski definition) is 3. The van der Waals surface area contributed by atoms with Gasteiger partial charge in [0.1, 0.15) is 11.5 Å². The van der Waals surface area contributed by atoms with Crippen LogP contribution < -0.4 is 0 Å². The van der Waals surface area contributed by atoms with Crippen LogP contribution in [0, 0.1) is 5.92 Å². The molecule has 0 aliphatic carbocycles. The van der Waals surface area contributed by atoms with E-state index in [4.69, 9.17) is 5.11 Å². The first-order chi connectivity index (χ1) is 8.00. The van der Waals surface area contributed by atoms with Crippen LogP contribution in [0.15, 0.2) is 18.2 Å². The molecule has 0 saturated carbocycles. The van der Waals surface area contributed by atoms with Crippen molar-refractivity contribution in [2.45, 2.75) is 13.0 Å². The summed E-state index contributed by atoms with van der Waals surface area (Å²) in [6.07, 6.45) is 0. The minimum absolute atomic E-state index is 0.0382. The van der Waals surface area contributed by atoms with Gasteiger partial charge >= 0.3 is 5.97 Å². The molecule has 0 amide bonds. The highest BCUT2D eigenvalue weighted by atomic mass is 16.4. The van der Waals surface area contributed by atoms with Gasteiger partial charge in [0.05, 0.1) is 11.5 Å². The molecule has 17 heavy (non-hydrogen) atoms. The Labute approximate surface area is 98.9 Å². The van der Waals surface area contributed by atoms with E-state index in [1.165, 1.54) is 12.1 Å². The topological polar surface area (TPSA) is 81.0 Å². The van der Waals surface area contributed by atoms with Crippen molar-refractivity contribution in [1.82, 2.24) is 4.90 Å². The Morgan fingerprint density at radius 1 is 1.35 bits per heavy atom. The fourth-order valence-electron chi connectivity index (χ4n) is 2.14. The molecule has 1 heterocycles. The fraction of sp³-hybridized carbons (Fsp3) is 0.417. The van der Waals surface area contributed by atoms with Gasteiger partial charge in [0, 0.05) is 19.1 Å². The van der Waals surface area contributed by atoms with Crippen molar-refractivity contribution in [3.05, 3.63) is 23.8 Å². The summed E-state index contributed by atoms with van der Waals surface area (Å²) in [6.45, 7) is 2.74. The molecule has 1 aliphatic rings. The molecule has 0 spiro atoms. The minimum atomic E-state index is -0.796. The minimum Gasteiger partial charge on any atom is -0.507 e. The zero-order valence-electron chi connectivity index (χ0n) is 9.50. The zero-order valence-corrected chi connectivity index (χ0v) is 9.50. The van der Waals surface area contributed by atoms with Crippen LogP contribution in [-0.4, -0.2) is 39.3 Å². The van der Waals surface area contributed by atoms with Crippen molar-refractivity contribution in [2.24, 2.45) is 5.92 Å². The lowest BCUT2D eigenvalue weighted by molar-refractivity contribution is -0.148. The second-order valence-corrected chi connectivity index (χ2v) is 4.37. The van der Waals surface area contributed by atoms with E-state index < -0.39 is 5.97 Å². The quantitative estimate of drug-likeness (QED) is 0.735. The van der Waals surface area contributed by atoms with Gasteiger partial charge in [-0.15, -0.1) is 0 Å². The first kappa shape index (κ1) is 11.7. The van der Waals surface area contributed by atoms with Gasteiger partial charge in [0.2, 0.25) is 0 Å². The number of rotatable bonds is 3. The maximum atomic E-state index is 10.7. The number of carboxylic acid groups (broad SMARTS) is 1. The highest BCUT2D eigenvalue weighted by Gasteiger charge is 2.36. The van der Waals surface area contributed by atoms with Crippen LogP contribution in [0.3, 0.4) is 0 Å².